The van der Waals surface area contributed by atoms with Crippen molar-refractivity contribution in [3.05, 3.63) is 97.4 Å². The van der Waals surface area contributed by atoms with Gasteiger partial charge in [0.05, 0.1) is 20.6 Å². The number of carbonyl (C=O) groups excluding carboxylic acids is 1. The standard InChI is InChI=1S/C23H14Cl3FO3/c1-12-7-14(29-11-15-16(24)3-2-4-19(15)27)10-20-22(12)23(28)21(30-20)9-13-5-6-17(25)18(26)8-13/h2-10H,11H2,1H3/b21-9-. The zero-order valence-corrected chi connectivity index (χ0v) is 17.9. The average Bonchev–Trinajstić information content (AvgIpc) is 3.00. The van der Waals surface area contributed by atoms with Crippen LogP contribution in [-0.4, -0.2) is 5.78 Å². The summed E-state index contributed by atoms with van der Waals surface area (Å²) in [5.74, 6) is 0.298. The van der Waals surface area contributed by atoms with E-state index in [1.165, 1.54) is 12.1 Å². The molecule has 0 saturated heterocycles. The molecule has 3 aromatic rings. The Morgan fingerprint density at radius 2 is 1.83 bits per heavy atom. The van der Waals surface area contributed by atoms with Gasteiger partial charge >= 0.3 is 0 Å². The normalized spacial score (nSPS) is 14.0. The molecule has 0 saturated carbocycles. The first-order valence-corrected chi connectivity index (χ1v) is 10.1. The number of aryl methyl sites for hydroxylation is 1. The molecule has 0 fully saturated rings. The molecule has 0 spiro atoms. The lowest BCUT2D eigenvalue weighted by Crippen LogP contribution is -2.01. The highest BCUT2D eigenvalue weighted by Crippen LogP contribution is 2.38. The molecule has 0 radical (unpaired) electrons. The molecule has 1 heterocycles. The number of halogens is 4. The molecule has 0 unspecified atom stereocenters. The Kier molecular flexibility index (Phi) is 5.74. The second kappa shape index (κ2) is 8.31. The number of benzene rings is 3. The number of allylic oxidation sites excluding steroid dienone is 1. The van der Waals surface area contributed by atoms with Gasteiger partial charge in [-0.15, -0.1) is 0 Å². The minimum atomic E-state index is -0.446. The lowest BCUT2D eigenvalue weighted by atomic mass is 10.0. The van der Waals surface area contributed by atoms with Crippen LogP contribution in [-0.2, 0) is 6.61 Å². The Hall–Kier alpha value is -2.53. The maximum absolute atomic E-state index is 14.0. The van der Waals surface area contributed by atoms with Crippen molar-refractivity contribution in [2.45, 2.75) is 13.5 Å². The summed E-state index contributed by atoms with van der Waals surface area (Å²) in [6, 6.07) is 12.8. The average molecular weight is 464 g/mol. The van der Waals surface area contributed by atoms with Crippen molar-refractivity contribution in [1.82, 2.24) is 0 Å². The lowest BCUT2D eigenvalue weighted by Gasteiger charge is -2.11. The van der Waals surface area contributed by atoms with Crippen molar-refractivity contribution < 1.29 is 18.7 Å². The molecule has 3 nitrogen and oxygen atoms in total. The van der Waals surface area contributed by atoms with Crippen molar-refractivity contribution in [2.24, 2.45) is 0 Å². The van der Waals surface area contributed by atoms with E-state index in [1.54, 1.807) is 49.4 Å². The second-order valence-corrected chi connectivity index (χ2v) is 7.94. The van der Waals surface area contributed by atoms with Crippen LogP contribution in [0.3, 0.4) is 0 Å². The lowest BCUT2D eigenvalue weighted by molar-refractivity contribution is 0.101. The van der Waals surface area contributed by atoms with Crippen molar-refractivity contribution >= 4 is 46.7 Å². The van der Waals surface area contributed by atoms with Gasteiger partial charge in [-0.1, -0.05) is 46.9 Å². The second-order valence-electron chi connectivity index (χ2n) is 6.72. The number of Topliss-reactive ketones (excluding diaryl/α,β-unsaturated/α-hetero) is 1. The third-order valence-electron chi connectivity index (χ3n) is 4.63. The van der Waals surface area contributed by atoms with Crippen LogP contribution in [0, 0.1) is 12.7 Å². The molecule has 152 valence electrons. The fourth-order valence-electron chi connectivity index (χ4n) is 3.14. The minimum Gasteiger partial charge on any atom is -0.489 e. The van der Waals surface area contributed by atoms with Crippen LogP contribution in [0.1, 0.15) is 27.0 Å². The van der Waals surface area contributed by atoms with Crippen LogP contribution >= 0.6 is 34.8 Å². The van der Waals surface area contributed by atoms with Gasteiger partial charge in [0.1, 0.15) is 23.9 Å². The van der Waals surface area contributed by atoms with Crippen molar-refractivity contribution in [3.8, 4) is 11.5 Å². The smallest absolute Gasteiger partial charge is 0.232 e. The van der Waals surface area contributed by atoms with E-state index in [-0.39, 0.29) is 28.7 Å². The molecule has 0 bridgehead atoms. The van der Waals surface area contributed by atoms with Gasteiger partial charge in [0.2, 0.25) is 5.78 Å². The van der Waals surface area contributed by atoms with Crippen LogP contribution < -0.4 is 9.47 Å². The molecule has 3 aromatic carbocycles. The topological polar surface area (TPSA) is 35.5 Å². The maximum Gasteiger partial charge on any atom is 0.232 e. The number of carbonyl (C=O) groups is 1. The summed E-state index contributed by atoms with van der Waals surface area (Å²) in [5.41, 5.74) is 2.08. The summed E-state index contributed by atoms with van der Waals surface area (Å²) in [6.45, 7) is 1.73. The Balaban J connectivity index is 1.59. The zero-order chi connectivity index (χ0) is 21.4. The van der Waals surface area contributed by atoms with E-state index in [1.807, 2.05) is 0 Å². The first-order chi connectivity index (χ1) is 14.3. The van der Waals surface area contributed by atoms with Gasteiger partial charge in [0.25, 0.3) is 0 Å². The monoisotopic (exact) mass is 462 g/mol. The Labute approximate surface area is 187 Å². The SMILES string of the molecule is Cc1cc(OCc2c(F)cccc2Cl)cc2c1C(=O)/C(=C/c1ccc(Cl)c(Cl)c1)O2. The highest BCUT2D eigenvalue weighted by molar-refractivity contribution is 6.42. The van der Waals surface area contributed by atoms with Crippen LogP contribution in [0.5, 0.6) is 11.5 Å². The fraction of sp³-hybridized carbons (Fsp3) is 0.0870. The third kappa shape index (κ3) is 4.04. The summed E-state index contributed by atoms with van der Waals surface area (Å²) < 4.78 is 25.4. The van der Waals surface area contributed by atoms with Gasteiger partial charge in [0.15, 0.2) is 5.76 Å². The summed E-state index contributed by atoms with van der Waals surface area (Å²) in [6.07, 6.45) is 1.60. The molecule has 0 amide bonds. The molecule has 7 heteroatoms. The molecule has 1 aliphatic heterocycles. The van der Waals surface area contributed by atoms with Crippen LogP contribution in [0.4, 0.5) is 4.39 Å². The molecule has 0 N–H and O–H groups in total. The number of hydrogen-bond acceptors (Lipinski definition) is 3. The van der Waals surface area contributed by atoms with E-state index in [0.29, 0.717) is 38.2 Å². The number of fused-ring (bicyclic) bond motifs is 1. The highest BCUT2D eigenvalue weighted by atomic mass is 35.5. The van der Waals surface area contributed by atoms with Crippen LogP contribution in [0.2, 0.25) is 15.1 Å². The summed E-state index contributed by atoms with van der Waals surface area (Å²) in [7, 11) is 0. The molecule has 1 aliphatic rings. The van der Waals surface area contributed by atoms with Gasteiger partial charge in [0, 0.05) is 11.6 Å². The van der Waals surface area contributed by atoms with Crippen LogP contribution in [0.15, 0.2) is 54.3 Å². The zero-order valence-electron chi connectivity index (χ0n) is 15.6. The van der Waals surface area contributed by atoms with Crippen molar-refractivity contribution in [2.75, 3.05) is 0 Å². The summed E-state index contributed by atoms with van der Waals surface area (Å²) in [4.78, 5) is 12.8. The van der Waals surface area contributed by atoms with Gasteiger partial charge in [-0.3, -0.25) is 4.79 Å². The molecule has 30 heavy (non-hydrogen) atoms. The summed E-state index contributed by atoms with van der Waals surface area (Å²) in [5, 5.41) is 1.09. The van der Waals surface area contributed by atoms with Crippen molar-refractivity contribution in [1.29, 1.82) is 0 Å². The van der Waals surface area contributed by atoms with E-state index < -0.39 is 5.82 Å². The quantitative estimate of drug-likeness (QED) is 0.381. The van der Waals surface area contributed by atoms with Gasteiger partial charge < -0.3 is 9.47 Å². The first kappa shape index (κ1) is 20.7. The third-order valence-corrected chi connectivity index (χ3v) is 5.72. The van der Waals surface area contributed by atoms with E-state index >= 15 is 0 Å². The van der Waals surface area contributed by atoms with Gasteiger partial charge in [-0.2, -0.15) is 0 Å². The molecule has 0 aliphatic carbocycles. The molecular weight excluding hydrogens is 450 g/mol. The largest absolute Gasteiger partial charge is 0.489 e. The number of ketones is 1. The predicted octanol–water partition coefficient (Wildman–Crippen LogP) is 7.29. The number of hydrogen-bond donors (Lipinski definition) is 0. The van der Waals surface area contributed by atoms with E-state index in [4.69, 9.17) is 44.3 Å². The Bertz CT molecular complexity index is 1180. The molecule has 0 atom stereocenters. The van der Waals surface area contributed by atoms with Crippen LogP contribution in [0.25, 0.3) is 6.08 Å². The van der Waals surface area contributed by atoms with Gasteiger partial charge in [-0.05, 0) is 54.5 Å². The summed E-state index contributed by atoms with van der Waals surface area (Å²) >= 11 is 18.0. The first-order valence-electron chi connectivity index (χ1n) is 8.93. The van der Waals surface area contributed by atoms with Crippen molar-refractivity contribution in [3.63, 3.8) is 0 Å². The Morgan fingerprint density at radius 3 is 2.57 bits per heavy atom. The molecule has 4 rings (SSSR count). The fourth-order valence-corrected chi connectivity index (χ4v) is 3.66. The van der Waals surface area contributed by atoms with Gasteiger partial charge in [-0.25, -0.2) is 4.39 Å². The van der Waals surface area contributed by atoms with E-state index in [2.05, 4.69) is 0 Å². The molecular formula is C23H14Cl3FO3. The number of rotatable bonds is 4. The number of ether oxygens (including phenoxy) is 2. The maximum atomic E-state index is 14.0. The highest BCUT2D eigenvalue weighted by Gasteiger charge is 2.30. The predicted molar refractivity (Wildman–Crippen MR) is 116 cm³/mol. The Morgan fingerprint density at radius 1 is 1.03 bits per heavy atom. The van der Waals surface area contributed by atoms with E-state index in [9.17, 15) is 9.18 Å². The molecule has 0 aromatic heterocycles. The minimum absolute atomic E-state index is 0.0519. The van der Waals surface area contributed by atoms with E-state index in [0.717, 1.165) is 0 Å².